The zero-order valence-corrected chi connectivity index (χ0v) is 24.9. The summed E-state index contributed by atoms with van der Waals surface area (Å²) in [6, 6.07) is 0. The van der Waals surface area contributed by atoms with Crippen LogP contribution in [0.3, 0.4) is 0 Å². The summed E-state index contributed by atoms with van der Waals surface area (Å²) in [4.78, 5) is 7.55. The smallest absolute Gasteiger partial charge is 0.127 e. The van der Waals surface area contributed by atoms with Gasteiger partial charge in [-0.25, -0.2) is 0 Å². The lowest BCUT2D eigenvalue weighted by Gasteiger charge is -2.37. The monoisotopic (exact) mass is 473 g/mol. The molecule has 0 fully saturated rings. The minimum absolute atomic E-state index is 0.590. The van der Waals surface area contributed by atoms with Crippen molar-refractivity contribution < 1.29 is 4.57 Å². The van der Waals surface area contributed by atoms with Crippen molar-refractivity contribution in [1.82, 2.24) is 14.7 Å². The Morgan fingerprint density at radius 2 is 0.562 bits per heavy atom. The molecular formula is C27H60N3OP. The van der Waals surface area contributed by atoms with Gasteiger partial charge in [0.1, 0.15) is 7.14 Å². The van der Waals surface area contributed by atoms with E-state index in [0.717, 1.165) is 58.1 Å². The van der Waals surface area contributed by atoms with Gasteiger partial charge in [0.25, 0.3) is 0 Å². The number of rotatable bonds is 18. The average Bonchev–Trinajstić information content (AvgIpc) is 2.49. The summed E-state index contributed by atoms with van der Waals surface area (Å²) in [5.41, 5.74) is 0. The van der Waals surface area contributed by atoms with E-state index in [1.807, 2.05) is 0 Å². The molecule has 0 aliphatic heterocycles. The van der Waals surface area contributed by atoms with E-state index in [1.54, 1.807) is 0 Å². The van der Waals surface area contributed by atoms with E-state index in [0.29, 0.717) is 35.5 Å². The summed E-state index contributed by atoms with van der Waals surface area (Å²) < 4.78 is 14.8. The van der Waals surface area contributed by atoms with E-state index < -0.39 is 7.14 Å². The molecule has 0 rings (SSSR count). The first-order valence-electron chi connectivity index (χ1n) is 13.4. The van der Waals surface area contributed by atoms with Gasteiger partial charge in [0.15, 0.2) is 0 Å². The van der Waals surface area contributed by atoms with E-state index in [2.05, 4.69) is 97.8 Å². The lowest BCUT2D eigenvalue weighted by molar-refractivity contribution is 0.221. The first kappa shape index (κ1) is 32.1. The zero-order valence-electron chi connectivity index (χ0n) is 24.0. The Balaban J connectivity index is 5.93. The van der Waals surface area contributed by atoms with E-state index in [4.69, 9.17) is 0 Å². The summed E-state index contributed by atoms with van der Waals surface area (Å²) in [5.74, 6) is 3.54. The third kappa shape index (κ3) is 16.7. The number of hydrogen-bond acceptors (Lipinski definition) is 4. The molecule has 4 nitrogen and oxygen atoms in total. The van der Waals surface area contributed by atoms with Gasteiger partial charge in [-0.2, -0.15) is 0 Å². The predicted molar refractivity (Wildman–Crippen MR) is 146 cm³/mol. The summed E-state index contributed by atoms with van der Waals surface area (Å²) >= 11 is 0. The predicted octanol–water partition coefficient (Wildman–Crippen LogP) is 7.06. The van der Waals surface area contributed by atoms with Crippen molar-refractivity contribution in [2.75, 3.05) is 58.1 Å². The van der Waals surface area contributed by atoms with Crippen LogP contribution in [0, 0.1) is 35.5 Å². The van der Waals surface area contributed by atoms with Gasteiger partial charge in [0.05, 0.1) is 18.9 Å². The third-order valence-corrected chi connectivity index (χ3v) is 7.86. The standard InChI is InChI=1S/C27H60N3OP/c1-22(2)13-28(14-23(3)4)19-32(31,20-29(15-24(5)6)16-25(7)8)21-30(17-26(9)10)18-27(11)12/h22-27H,13-21H2,1-12H3. The summed E-state index contributed by atoms with van der Waals surface area (Å²) in [6.07, 6.45) is 2.26. The number of hydrogen-bond donors (Lipinski definition) is 0. The molecule has 0 aliphatic rings. The van der Waals surface area contributed by atoms with Gasteiger partial charge in [0, 0.05) is 39.3 Å². The fraction of sp³-hybridized carbons (Fsp3) is 1.00. The van der Waals surface area contributed by atoms with Gasteiger partial charge in [0.2, 0.25) is 0 Å². The molecule has 0 spiro atoms. The van der Waals surface area contributed by atoms with E-state index >= 15 is 0 Å². The molecular weight excluding hydrogens is 413 g/mol. The van der Waals surface area contributed by atoms with Crippen molar-refractivity contribution in [1.29, 1.82) is 0 Å². The van der Waals surface area contributed by atoms with E-state index in [9.17, 15) is 4.57 Å². The lowest BCUT2D eigenvalue weighted by atomic mass is 10.1. The van der Waals surface area contributed by atoms with E-state index in [-0.39, 0.29) is 0 Å². The molecule has 0 heterocycles. The first-order chi connectivity index (χ1) is 14.6. The van der Waals surface area contributed by atoms with Crippen molar-refractivity contribution in [3.8, 4) is 0 Å². The van der Waals surface area contributed by atoms with Gasteiger partial charge in [-0.05, 0) is 35.5 Å². The van der Waals surface area contributed by atoms with Crippen LogP contribution in [0.25, 0.3) is 0 Å². The van der Waals surface area contributed by atoms with Crippen LogP contribution < -0.4 is 0 Å². The fourth-order valence-corrected chi connectivity index (χ4v) is 8.04. The minimum atomic E-state index is -2.45. The highest BCUT2D eigenvalue weighted by Crippen LogP contribution is 2.48. The van der Waals surface area contributed by atoms with Gasteiger partial charge in [-0.3, -0.25) is 14.7 Å². The second-order valence-electron chi connectivity index (χ2n) is 13.0. The molecule has 5 heteroatoms. The van der Waals surface area contributed by atoms with Crippen LogP contribution in [-0.2, 0) is 4.57 Å². The summed E-state index contributed by atoms with van der Waals surface area (Å²) in [5, 5.41) is 0. The van der Waals surface area contributed by atoms with Crippen LogP contribution in [0.15, 0.2) is 0 Å². The van der Waals surface area contributed by atoms with Gasteiger partial charge in [-0.15, -0.1) is 0 Å². The van der Waals surface area contributed by atoms with Crippen molar-refractivity contribution >= 4 is 7.14 Å². The highest BCUT2D eigenvalue weighted by Gasteiger charge is 2.32. The molecule has 0 aromatic carbocycles. The molecule has 0 atom stereocenters. The second kappa shape index (κ2) is 15.9. The molecule has 0 saturated carbocycles. The minimum Gasteiger partial charge on any atom is -0.320 e. The molecule has 0 saturated heterocycles. The van der Waals surface area contributed by atoms with Gasteiger partial charge >= 0.3 is 0 Å². The average molecular weight is 474 g/mol. The molecule has 0 aromatic heterocycles. The van der Waals surface area contributed by atoms with Gasteiger partial charge in [-0.1, -0.05) is 83.1 Å². The van der Waals surface area contributed by atoms with Crippen LogP contribution >= 0.6 is 7.14 Å². The summed E-state index contributed by atoms with van der Waals surface area (Å²) in [7, 11) is -2.45. The molecule has 0 N–H and O–H groups in total. The van der Waals surface area contributed by atoms with E-state index in [1.165, 1.54) is 0 Å². The quantitative estimate of drug-likeness (QED) is 0.199. The number of nitrogens with zero attached hydrogens (tertiary/aromatic N) is 3. The van der Waals surface area contributed by atoms with Crippen molar-refractivity contribution in [2.24, 2.45) is 35.5 Å². The third-order valence-electron chi connectivity index (χ3n) is 5.11. The Labute approximate surface area is 203 Å². The highest BCUT2D eigenvalue weighted by atomic mass is 31.2. The SMILES string of the molecule is CC(C)CN(CC(C)C)CP(=O)(CN(CC(C)C)CC(C)C)CN(CC(C)C)CC(C)C. The Bertz CT molecular complexity index is 416. The second-order valence-corrected chi connectivity index (χ2v) is 15.9. The van der Waals surface area contributed by atoms with Crippen LogP contribution in [-0.4, -0.2) is 72.8 Å². The largest absolute Gasteiger partial charge is 0.320 e. The Morgan fingerprint density at radius 3 is 0.688 bits per heavy atom. The summed E-state index contributed by atoms with van der Waals surface area (Å²) in [6.45, 7) is 33.6. The lowest BCUT2D eigenvalue weighted by Crippen LogP contribution is -2.40. The maximum absolute atomic E-state index is 14.8. The molecule has 32 heavy (non-hydrogen) atoms. The van der Waals surface area contributed by atoms with Crippen LogP contribution in [0.2, 0.25) is 0 Å². The molecule has 0 amide bonds. The molecule has 0 aromatic rings. The molecule has 0 aliphatic carbocycles. The maximum atomic E-state index is 14.8. The van der Waals surface area contributed by atoms with Crippen LogP contribution in [0.4, 0.5) is 0 Å². The first-order valence-corrected chi connectivity index (χ1v) is 15.6. The molecule has 194 valence electrons. The Morgan fingerprint density at radius 1 is 0.406 bits per heavy atom. The normalized spacial score (nSPS) is 13.7. The van der Waals surface area contributed by atoms with Crippen molar-refractivity contribution in [2.45, 2.75) is 83.1 Å². The molecule has 0 unspecified atom stereocenters. The molecule has 0 radical (unpaired) electrons. The van der Waals surface area contributed by atoms with Gasteiger partial charge < -0.3 is 4.57 Å². The van der Waals surface area contributed by atoms with Crippen molar-refractivity contribution in [3.63, 3.8) is 0 Å². The topological polar surface area (TPSA) is 26.8 Å². The van der Waals surface area contributed by atoms with Crippen LogP contribution in [0.1, 0.15) is 83.1 Å². The maximum Gasteiger partial charge on any atom is 0.127 e. The van der Waals surface area contributed by atoms with Crippen LogP contribution in [0.5, 0.6) is 0 Å². The Kier molecular flexibility index (Phi) is 16.0. The fourth-order valence-electron chi connectivity index (χ4n) is 4.90. The Hall–Kier alpha value is 0.110. The zero-order chi connectivity index (χ0) is 25.1. The van der Waals surface area contributed by atoms with Crippen molar-refractivity contribution in [3.05, 3.63) is 0 Å². The highest BCUT2D eigenvalue weighted by molar-refractivity contribution is 7.63. The molecule has 0 bridgehead atoms.